The van der Waals surface area contributed by atoms with Gasteiger partial charge in [-0.05, 0) is 24.5 Å². The van der Waals surface area contributed by atoms with Gasteiger partial charge in [0, 0.05) is 6.20 Å². The van der Waals surface area contributed by atoms with Crippen LogP contribution < -0.4 is 4.72 Å². The van der Waals surface area contributed by atoms with Gasteiger partial charge in [-0.2, -0.15) is 0 Å². The highest BCUT2D eigenvalue weighted by molar-refractivity contribution is 7.92. The molecule has 0 aliphatic carbocycles. The van der Waals surface area contributed by atoms with Crippen LogP contribution in [0, 0.1) is 5.92 Å². The third-order valence-electron chi connectivity index (χ3n) is 2.25. The first-order chi connectivity index (χ1) is 8.32. The summed E-state index contributed by atoms with van der Waals surface area (Å²) in [5, 5.41) is 8.91. The van der Waals surface area contributed by atoms with Crippen LogP contribution in [0.5, 0.6) is 0 Å². The number of hydrogen-bond donors (Lipinski definition) is 2. The number of rotatable bonds is 6. The maximum atomic E-state index is 11.7. The first kappa shape index (κ1) is 14.4. The van der Waals surface area contributed by atoms with E-state index in [-0.39, 0.29) is 23.1 Å². The maximum absolute atomic E-state index is 11.7. The molecule has 6 nitrogen and oxygen atoms in total. The van der Waals surface area contributed by atoms with Gasteiger partial charge < -0.3 is 5.11 Å². The SMILES string of the molecule is CC(C)CCS(=O)(=O)Nc1ncccc1C(=O)O. The van der Waals surface area contributed by atoms with Crippen LogP contribution in [0.15, 0.2) is 18.3 Å². The van der Waals surface area contributed by atoms with E-state index < -0.39 is 16.0 Å². The van der Waals surface area contributed by atoms with Gasteiger partial charge in [0.05, 0.1) is 5.75 Å². The van der Waals surface area contributed by atoms with Crippen molar-refractivity contribution in [2.75, 3.05) is 10.5 Å². The smallest absolute Gasteiger partial charge is 0.339 e. The van der Waals surface area contributed by atoms with Crippen LogP contribution in [0.4, 0.5) is 5.82 Å². The van der Waals surface area contributed by atoms with Crippen LogP contribution in [-0.2, 0) is 10.0 Å². The summed E-state index contributed by atoms with van der Waals surface area (Å²) in [7, 11) is -3.56. The molecule has 2 N–H and O–H groups in total. The molecular formula is C11H16N2O4S. The fourth-order valence-electron chi connectivity index (χ4n) is 1.25. The number of sulfonamides is 1. The monoisotopic (exact) mass is 272 g/mol. The van der Waals surface area contributed by atoms with E-state index in [1.165, 1.54) is 18.3 Å². The van der Waals surface area contributed by atoms with Crippen molar-refractivity contribution in [2.45, 2.75) is 20.3 Å². The standard InChI is InChI=1S/C11H16N2O4S/c1-8(2)5-7-18(16,17)13-10-9(11(14)15)4-3-6-12-10/h3-4,6,8H,5,7H2,1-2H3,(H,12,13)(H,14,15). The number of aromatic carboxylic acids is 1. The highest BCUT2D eigenvalue weighted by Gasteiger charge is 2.17. The minimum Gasteiger partial charge on any atom is -0.478 e. The third-order valence-corrected chi connectivity index (χ3v) is 3.53. The van der Waals surface area contributed by atoms with E-state index in [1.807, 2.05) is 13.8 Å². The number of carboxylic acid groups (broad SMARTS) is 1. The summed E-state index contributed by atoms with van der Waals surface area (Å²) >= 11 is 0. The second kappa shape index (κ2) is 5.81. The molecule has 0 radical (unpaired) electrons. The minimum atomic E-state index is -3.56. The quantitative estimate of drug-likeness (QED) is 0.819. The number of pyridine rings is 1. The first-order valence-corrected chi connectivity index (χ1v) is 7.16. The van der Waals surface area contributed by atoms with Gasteiger partial charge in [-0.15, -0.1) is 0 Å². The summed E-state index contributed by atoms with van der Waals surface area (Å²) in [6.07, 6.45) is 1.84. The fraction of sp³-hybridized carbons (Fsp3) is 0.455. The molecule has 7 heteroatoms. The largest absolute Gasteiger partial charge is 0.478 e. The molecule has 0 spiro atoms. The van der Waals surface area contributed by atoms with Crippen LogP contribution in [0.25, 0.3) is 0 Å². The summed E-state index contributed by atoms with van der Waals surface area (Å²) in [6, 6.07) is 2.74. The van der Waals surface area contributed by atoms with Crippen molar-refractivity contribution >= 4 is 21.8 Å². The highest BCUT2D eigenvalue weighted by Crippen LogP contribution is 2.14. The Kier molecular flexibility index (Phi) is 4.66. The van der Waals surface area contributed by atoms with Crippen LogP contribution in [-0.4, -0.2) is 30.2 Å². The molecule has 1 aromatic heterocycles. The lowest BCUT2D eigenvalue weighted by Crippen LogP contribution is -2.20. The molecule has 0 aromatic carbocycles. The zero-order chi connectivity index (χ0) is 13.8. The second-order valence-electron chi connectivity index (χ2n) is 4.31. The Bertz CT molecular complexity index is 526. The fourth-order valence-corrected chi connectivity index (χ4v) is 2.59. The van der Waals surface area contributed by atoms with E-state index in [1.54, 1.807) is 0 Å². The predicted octanol–water partition coefficient (Wildman–Crippen LogP) is 1.57. The van der Waals surface area contributed by atoms with Gasteiger partial charge in [0.2, 0.25) is 10.0 Å². The Morgan fingerprint density at radius 3 is 2.72 bits per heavy atom. The van der Waals surface area contributed by atoms with Crippen molar-refractivity contribution in [3.8, 4) is 0 Å². The van der Waals surface area contributed by atoms with Gasteiger partial charge in [0.25, 0.3) is 0 Å². The number of nitrogens with one attached hydrogen (secondary N) is 1. The molecular weight excluding hydrogens is 256 g/mol. The molecule has 0 fully saturated rings. The number of hydrogen-bond acceptors (Lipinski definition) is 4. The average Bonchev–Trinajstić information content (AvgIpc) is 2.26. The Hall–Kier alpha value is -1.63. The lowest BCUT2D eigenvalue weighted by atomic mass is 10.2. The van der Waals surface area contributed by atoms with Crippen molar-refractivity contribution in [3.63, 3.8) is 0 Å². The third kappa shape index (κ3) is 4.33. The summed E-state index contributed by atoms with van der Waals surface area (Å²) < 4.78 is 25.7. The molecule has 0 atom stereocenters. The van der Waals surface area contributed by atoms with Gasteiger partial charge in [0.15, 0.2) is 5.82 Å². The van der Waals surface area contributed by atoms with E-state index in [9.17, 15) is 13.2 Å². The normalized spacial score (nSPS) is 11.5. The zero-order valence-corrected chi connectivity index (χ0v) is 11.1. The van der Waals surface area contributed by atoms with E-state index in [2.05, 4.69) is 9.71 Å². The van der Waals surface area contributed by atoms with Gasteiger partial charge in [0.1, 0.15) is 5.56 Å². The van der Waals surface area contributed by atoms with Crippen molar-refractivity contribution in [2.24, 2.45) is 5.92 Å². The molecule has 1 heterocycles. The Balaban J connectivity index is 2.87. The Morgan fingerprint density at radius 1 is 1.50 bits per heavy atom. The number of nitrogens with zero attached hydrogens (tertiary/aromatic N) is 1. The molecule has 0 aliphatic rings. The molecule has 0 saturated heterocycles. The number of carbonyl (C=O) groups is 1. The predicted molar refractivity (Wildman–Crippen MR) is 68.1 cm³/mol. The van der Waals surface area contributed by atoms with Gasteiger partial charge in [-0.3, -0.25) is 4.72 Å². The van der Waals surface area contributed by atoms with Crippen LogP contribution >= 0.6 is 0 Å². The second-order valence-corrected chi connectivity index (χ2v) is 6.15. The molecule has 0 aliphatic heterocycles. The number of aromatic nitrogens is 1. The molecule has 0 amide bonds. The first-order valence-electron chi connectivity index (χ1n) is 5.50. The lowest BCUT2D eigenvalue weighted by molar-refractivity contribution is 0.0697. The van der Waals surface area contributed by atoms with E-state index in [0.717, 1.165) is 0 Å². The van der Waals surface area contributed by atoms with Crippen LogP contribution in [0.2, 0.25) is 0 Å². The van der Waals surface area contributed by atoms with E-state index >= 15 is 0 Å². The van der Waals surface area contributed by atoms with Gasteiger partial charge in [-0.25, -0.2) is 18.2 Å². The van der Waals surface area contributed by atoms with Gasteiger partial charge in [-0.1, -0.05) is 13.8 Å². The maximum Gasteiger partial charge on any atom is 0.339 e. The zero-order valence-electron chi connectivity index (χ0n) is 10.3. The van der Waals surface area contributed by atoms with E-state index in [4.69, 9.17) is 5.11 Å². The molecule has 100 valence electrons. The minimum absolute atomic E-state index is 0.0553. The summed E-state index contributed by atoms with van der Waals surface area (Å²) in [5.41, 5.74) is -0.161. The number of anilines is 1. The van der Waals surface area contributed by atoms with Crippen LogP contribution in [0.3, 0.4) is 0 Å². The Morgan fingerprint density at radius 2 is 2.17 bits per heavy atom. The van der Waals surface area contributed by atoms with E-state index in [0.29, 0.717) is 6.42 Å². The highest BCUT2D eigenvalue weighted by atomic mass is 32.2. The molecule has 18 heavy (non-hydrogen) atoms. The van der Waals surface area contributed by atoms with Gasteiger partial charge >= 0.3 is 5.97 Å². The van der Waals surface area contributed by atoms with Crippen LogP contribution in [0.1, 0.15) is 30.6 Å². The topological polar surface area (TPSA) is 96.4 Å². The average molecular weight is 272 g/mol. The molecule has 1 aromatic rings. The number of carboxylic acids is 1. The Labute approximate surface area is 106 Å². The molecule has 0 bridgehead atoms. The van der Waals surface area contributed by atoms with Crippen molar-refractivity contribution < 1.29 is 18.3 Å². The molecule has 1 rings (SSSR count). The summed E-state index contributed by atoms with van der Waals surface area (Å²) in [6.45, 7) is 3.83. The lowest BCUT2D eigenvalue weighted by Gasteiger charge is -2.10. The summed E-state index contributed by atoms with van der Waals surface area (Å²) in [5.74, 6) is -1.16. The van der Waals surface area contributed by atoms with Crippen molar-refractivity contribution in [1.29, 1.82) is 0 Å². The van der Waals surface area contributed by atoms with Crippen molar-refractivity contribution in [3.05, 3.63) is 23.9 Å². The molecule has 0 saturated carbocycles. The molecule has 0 unspecified atom stereocenters. The summed E-state index contributed by atoms with van der Waals surface area (Å²) in [4.78, 5) is 14.6. The van der Waals surface area contributed by atoms with Crippen molar-refractivity contribution in [1.82, 2.24) is 4.98 Å².